The summed E-state index contributed by atoms with van der Waals surface area (Å²) < 4.78 is 40.9. The molecule has 0 unspecified atom stereocenters. The molecule has 0 N–H and O–H groups in total. The SMILES string of the molecule is CSc1ncn(C(=NOC(=O)N(C)Sc2cccc(C(F)(F)F)c2)C(C)(C)C)n1. The zero-order valence-corrected chi connectivity index (χ0v) is 18.0. The van der Waals surface area contributed by atoms with Gasteiger partial charge in [-0.15, -0.1) is 5.10 Å². The Morgan fingerprint density at radius 1 is 1.28 bits per heavy atom. The standard InChI is InChI=1S/C17H20F3N5O2S2/c1-16(2,3)13(25-10-21-14(22-25)28-5)23-27-15(26)24(4)29-12-8-6-7-11(9-12)17(18,19)20/h6-10H,1-5H3. The quantitative estimate of drug-likeness (QED) is 0.164. The fourth-order valence-electron chi connectivity index (χ4n) is 2.03. The van der Waals surface area contributed by atoms with Crippen LogP contribution in [0.15, 0.2) is 45.8 Å². The van der Waals surface area contributed by atoms with Gasteiger partial charge in [0, 0.05) is 17.4 Å². The van der Waals surface area contributed by atoms with E-state index in [9.17, 15) is 18.0 Å². The first kappa shape index (κ1) is 23.1. The summed E-state index contributed by atoms with van der Waals surface area (Å²) in [6, 6.07) is 4.65. The normalized spacial score (nSPS) is 12.8. The Labute approximate surface area is 174 Å². The molecule has 2 rings (SSSR count). The third kappa shape index (κ3) is 6.39. The molecule has 1 aromatic carbocycles. The number of carbonyl (C=O) groups excluding carboxylic acids is 1. The van der Waals surface area contributed by atoms with Crippen LogP contribution in [0.3, 0.4) is 0 Å². The van der Waals surface area contributed by atoms with E-state index in [-0.39, 0.29) is 4.90 Å². The number of hydrogen-bond acceptors (Lipinski definition) is 7. The Hall–Kier alpha value is -2.21. The fourth-order valence-corrected chi connectivity index (χ4v) is 3.10. The van der Waals surface area contributed by atoms with E-state index in [0.29, 0.717) is 11.0 Å². The molecule has 0 radical (unpaired) electrons. The number of halogens is 3. The summed E-state index contributed by atoms with van der Waals surface area (Å²) in [5.41, 5.74) is -1.32. The van der Waals surface area contributed by atoms with Crippen molar-refractivity contribution in [2.75, 3.05) is 13.3 Å². The largest absolute Gasteiger partial charge is 0.446 e. The highest BCUT2D eigenvalue weighted by Crippen LogP contribution is 2.32. The molecule has 7 nitrogen and oxygen atoms in total. The molecule has 0 aliphatic heterocycles. The molecule has 29 heavy (non-hydrogen) atoms. The number of nitrogens with zero attached hydrogens (tertiary/aromatic N) is 5. The summed E-state index contributed by atoms with van der Waals surface area (Å²) in [5, 5.41) is 8.69. The maximum absolute atomic E-state index is 12.8. The van der Waals surface area contributed by atoms with Crippen molar-refractivity contribution in [2.45, 2.75) is 37.0 Å². The van der Waals surface area contributed by atoms with Crippen LogP contribution in [0.4, 0.5) is 18.0 Å². The summed E-state index contributed by atoms with van der Waals surface area (Å²) in [6.07, 6.45) is -2.02. The van der Waals surface area contributed by atoms with Crippen LogP contribution < -0.4 is 0 Å². The van der Waals surface area contributed by atoms with E-state index in [2.05, 4.69) is 15.2 Å². The maximum Gasteiger partial charge on any atom is 0.446 e. The first-order valence-electron chi connectivity index (χ1n) is 8.26. The van der Waals surface area contributed by atoms with Gasteiger partial charge in [-0.1, -0.05) is 43.8 Å². The molecule has 0 atom stereocenters. The van der Waals surface area contributed by atoms with Gasteiger partial charge in [0.2, 0.25) is 5.16 Å². The summed E-state index contributed by atoms with van der Waals surface area (Å²) in [6.45, 7) is 5.59. The summed E-state index contributed by atoms with van der Waals surface area (Å²) in [4.78, 5) is 21.6. The molecule has 1 heterocycles. The summed E-state index contributed by atoms with van der Waals surface area (Å²) >= 11 is 2.15. The second-order valence-corrected chi connectivity index (χ2v) is 8.79. The summed E-state index contributed by atoms with van der Waals surface area (Å²) in [7, 11) is 1.38. The lowest BCUT2D eigenvalue weighted by atomic mass is 9.95. The Kier molecular flexibility index (Phi) is 7.22. The van der Waals surface area contributed by atoms with E-state index < -0.39 is 23.2 Å². The smallest absolute Gasteiger partial charge is 0.295 e. The van der Waals surface area contributed by atoms with Crippen molar-refractivity contribution >= 4 is 35.6 Å². The number of aromatic nitrogens is 3. The monoisotopic (exact) mass is 447 g/mol. The van der Waals surface area contributed by atoms with Gasteiger partial charge in [-0.25, -0.2) is 18.8 Å². The van der Waals surface area contributed by atoms with Gasteiger partial charge in [-0.05, 0) is 36.4 Å². The number of hydrogen-bond donors (Lipinski definition) is 0. The van der Waals surface area contributed by atoms with Crippen molar-refractivity contribution < 1.29 is 22.8 Å². The lowest BCUT2D eigenvalue weighted by Crippen LogP contribution is -2.30. The third-order valence-corrected chi connectivity index (χ3v) is 4.85. The van der Waals surface area contributed by atoms with Crippen molar-refractivity contribution in [3.8, 4) is 0 Å². The molecule has 1 aromatic heterocycles. The molecule has 0 saturated heterocycles. The molecule has 2 aromatic rings. The molecular formula is C17H20F3N5O2S2. The fraction of sp³-hybridized carbons (Fsp3) is 0.412. The second kappa shape index (κ2) is 9.08. The highest BCUT2D eigenvalue weighted by molar-refractivity contribution is 7.98. The van der Waals surface area contributed by atoms with Crippen LogP contribution in [-0.2, 0) is 11.0 Å². The van der Waals surface area contributed by atoms with E-state index in [1.807, 2.05) is 27.0 Å². The molecule has 0 bridgehead atoms. The molecule has 158 valence electrons. The molecule has 12 heteroatoms. The van der Waals surface area contributed by atoms with E-state index in [1.54, 1.807) is 0 Å². The summed E-state index contributed by atoms with van der Waals surface area (Å²) in [5.74, 6) is 0.344. The van der Waals surface area contributed by atoms with Gasteiger partial charge < -0.3 is 0 Å². The molecule has 1 amide bonds. The van der Waals surface area contributed by atoms with Crippen LogP contribution in [0.1, 0.15) is 26.3 Å². The number of thioether (sulfide) groups is 1. The minimum absolute atomic E-state index is 0.236. The number of amides is 1. The molecule has 0 saturated carbocycles. The zero-order valence-electron chi connectivity index (χ0n) is 16.4. The van der Waals surface area contributed by atoms with Crippen LogP contribution in [0.5, 0.6) is 0 Å². The van der Waals surface area contributed by atoms with E-state index in [1.165, 1.54) is 42.0 Å². The van der Waals surface area contributed by atoms with Crippen LogP contribution in [0.25, 0.3) is 0 Å². The molecule has 0 fully saturated rings. The minimum Gasteiger partial charge on any atom is -0.295 e. The average molecular weight is 448 g/mol. The molecule has 0 spiro atoms. The number of carbonyl (C=O) groups is 1. The van der Waals surface area contributed by atoms with Crippen LogP contribution in [0.2, 0.25) is 0 Å². The van der Waals surface area contributed by atoms with Crippen molar-refractivity contribution in [1.29, 1.82) is 0 Å². The van der Waals surface area contributed by atoms with Crippen molar-refractivity contribution in [1.82, 2.24) is 19.1 Å². The van der Waals surface area contributed by atoms with Gasteiger partial charge in [0.1, 0.15) is 6.33 Å². The van der Waals surface area contributed by atoms with Crippen LogP contribution in [0, 0.1) is 5.41 Å². The first-order chi connectivity index (χ1) is 13.4. The van der Waals surface area contributed by atoms with Crippen molar-refractivity contribution in [2.24, 2.45) is 10.6 Å². The predicted molar refractivity (Wildman–Crippen MR) is 106 cm³/mol. The molecular weight excluding hydrogens is 427 g/mol. The van der Waals surface area contributed by atoms with Crippen molar-refractivity contribution in [3.63, 3.8) is 0 Å². The van der Waals surface area contributed by atoms with Crippen molar-refractivity contribution in [3.05, 3.63) is 36.2 Å². The number of alkyl halides is 3. The van der Waals surface area contributed by atoms with E-state index in [4.69, 9.17) is 4.84 Å². The Balaban J connectivity index is 2.13. The van der Waals surface area contributed by atoms with Gasteiger partial charge >= 0.3 is 12.3 Å². The average Bonchev–Trinajstić information content (AvgIpc) is 3.08. The van der Waals surface area contributed by atoms with E-state index >= 15 is 0 Å². The minimum atomic E-state index is -4.46. The lowest BCUT2D eigenvalue weighted by molar-refractivity contribution is -0.137. The Morgan fingerprint density at radius 3 is 2.52 bits per heavy atom. The van der Waals surface area contributed by atoms with Crippen LogP contribution >= 0.6 is 23.7 Å². The topological polar surface area (TPSA) is 72.6 Å². The lowest BCUT2D eigenvalue weighted by Gasteiger charge is -2.20. The van der Waals surface area contributed by atoms with Gasteiger partial charge in [0.25, 0.3) is 0 Å². The predicted octanol–water partition coefficient (Wildman–Crippen LogP) is 5.00. The Bertz CT molecular complexity index is 894. The second-order valence-electron chi connectivity index (χ2n) is 6.81. The van der Waals surface area contributed by atoms with Gasteiger partial charge in [0.05, 0.1) is 5.56 Å². The number of benzene rings is 1. The Morgan fingerprint density at radius 2 is 1.97 bits per heavy atom. The number of oxime groups is 1. The van der Waals surface area contributed by atoms with Gasteiger partial charge in [-0.3, -0.25) is 4.84 Å². The van der Waals surface area contributed by atoms with E-state index in [0.717, 1.165) is 28.4 Å². The van der Waals surface area contributed by atoms with Gasteiger partial charge in [0.15, 0.2) is 5.84 Å². The maximum atomic E-state index is 12.8. The molecule has 0 aliphatic carbocycles. The molecule has 0 aliphatic rings. The van der Waals surface area contributed by atoms with Gasteiger partial charge in [-0.2, -0.15) is 13.2 Å². The highest BCUT2D eigenvalue weighted by Gasteiger charge is 2.30. The third-order valence-electron chi connectivity index (χ3n) is 3.41. The zero-order chi connectivity index (χ0) is 21.8. The van der Waals surface area contributed by atoms with Crippen LogP contribution in [-0.4, -0.2) is 44.3 Å². The number of rotatable bonds is 4. The first-order valence-corrected chi connectivity index (χ1v) is 10.3. The highest BCUT2D eigenvalue weighted by atomic mass is 32.2.